The summed E-state index contributed by atoms with van der Waals surface area (Å²) in [6.07, 6.45) is 0.446. The molecule has 0 saturated carbocycles. The predicted molar refractivity (Wildman–Crippen MR) is 165 cm³/mol. The molecule has 0 radical (unpaired) electrons. The van der Waals surface area contributed by atoms with Crippen LogP contribution >= 0.6 is 11.6 Å². The molecule has 7 nitrogen and oxygen atoms in total. The standard InChI is InChI=1S/C33H38ClN5O2/c1-22(2)28-21-37(16-15-35)33(41)38(19-25-11-9-23(3)10-12-25)30(28)18-31-36-29-17-26(34)13-14-27(29)32(40)39(31)20-24-7-5-4-6-8-24/h4-14,17,22,28,30H,15-16,18-21,35H2,1-3H3. The zero-order chi connectivity index (χ0) is 29.1. The van der Waals surface area contributed by atoms with Gasteiger partial charge in [-0.3, -0.25) is 9.36 Å². The zero-order valence-electron chi connectivity index (χ0n) is 24.0. The Bertz CT molecular complexity index is 1570. The van der Waals surface area contributed by atoms with Crippen molar-refractivity contribution in [3.63, 3.8) is 0 Å². The number of hydrogen-bond acceptors (Lipinski definition) is 4. The minimum absolute atomic E-state index is 0.0290. The Morgan fingerprint density at radius 2 is 1.68 bits per heavy atom. The van der Waals surface area contributed by atoms with Crippen LogP contribution in [0, 0.1) is 18.8 Å². The largest absolute Gasteiger partial charge is 0.329 e. The minimum atomic E-state index is -0.164. The van der Waals surface area contributed by atoms with Crippen molar-refractivity contribution in [3.8, 4) is 0 Å². The summed E-state index contributed by atoms with van der Waals surface area (Å²) in [4.78, 5) is 36.7. The lowest BCUT2D eigenvalue weighted by Crippen LogP contribution is -2.61. The topological polar surface area (TPSA) is 84.5 Å². The molecular weight excluding hydrogens is 534 g/mol. The van der Waals surface area contributed by atoms with Gasteiger partial charge in [0.15, 0.2) is 0 Å². The quantitative estimate of drug-likeness (QED) is 0.288. The fraction of sp³-hybridized carbons (Fsp3) is 0.364. The van der Waals surface area contributed by atoms with Crippen molar-refractivity contribution in [2.24, 2.45) is 17.6 Å². The highest BCUT2D eigenvalue weighted by molar-refractivity contribution is 6.31. The normalized spacial score (nSPS) is 17.6. The summed E-state index contributed by atoms with van der Waals surface area (Å²) in [5, 5.41) is 1.06. The second kappa shape index (κ2) is 12.5. The van der Waals surface area contributed by atoms with E-state index in [0.29, 0.717) is 60.9 Å². The summed E-state index contributed by atoms with van der Waals surface area (Å²) in [5.74, 6) is 1.10. The van der Waals surface area contributed by atoms with Crippen LogP contribution in [0.2, 0.25) is 5.02 Å². The molecule has 3 aromatic carbocycles. The highest BCUT2D eigenvalue weighted by Gasteiger charge is 2.41. The van der Waals surface area contributed by atoms with Gasteiger partial charge in [-0.25, -0.2) is 9.78 Å². The first-order valence-corrected chi connectivity index (χ1v) is 14.7. The molecule has 0 spiro atoms. The summed E-state index contributed by atoms with van der Waals surface area (Å²) in [5.41, 5.74) is 9.62. The Hall–Kier alpha value is -3.68. The number of carbonyl (C=O) groups excluding carboxylic acids is 1. The Morgan fingerprint density at radius 1 is 0.976 bits per heavy atom. The molecule has 1 aliphatic rings. The average Bonchev–Trinajstić information content (AvgIpc) is 2.95. The van der Waals surface area contributed by atoms with Crippen molar-refractivity contribution in [2.75, 3.05) is 19.6 Å². The second-order valence-corrected chi connectivity index (χ2v) is 11.8. The van der Waals surface area contributed by atoms with Crippen molar-refractivity contribution in [2.45, 2.75) is 46.3 Å². The van der Waals surface area contributed by atoms with E-state index < -0.39 is 0 Å². The van der Waals surface area contributed by atoms with Gasteiger partial charge in [-0.05, 0) is 48.1 Å². The highest BCUT2D eigenvalue weighted by Crippen LogP contribution is 2.31. The Balaban J connectivity index is 1.62. The summed E-state index contributed by atoms with van der Waals surface area (Å²) in [6.45, 7) is 8.84. The fourth-order valence-corrected chi connectivity index (χ4v) is 6.02. The van der Waals surface area contributed by atoms with Crippen LogP contribution in [-0.4, -0.2) is 51.1 Å². The third-order valence-electron chi connectivity index (χ3n) is 8.14. The number of benzene rings is 3. The molecule has 41 heavy (non-hydrogen) atoms. The molecule has 0 bridgehead atoms. The monoisotopic (exact) mass is 571 g/mol. The third-order valence-corrected chi connectivity index (χ3v) is 8.38. The number of nitrogens with two attached hydrogens (primary N) is 1. The number of hydrogen-bond donors (Lipinski definition) is 1. The smallest absolute Gasteiger partial charge is 0.320 e. The first-order valence-electron chi connectivity index (χ1n) is 14.3. The average molecular weight is 572 g/mol. The molecule has 8 heteroatoms. The fourth-order valence-electron chi connectivity index (χ4n) is 5.86. The van der Waals surface area contributed by atoms with Crippen LogP contribution in [-0.2, 0) is 19.5 Å². The van der Waals surface area contributed by atoms with Crippen molar-refractivity contribution < 1.29 is 4.79 Å². The van der Waals surface area contributed by atoms with Crippen molar-refractivity contribution in [1.29, 1.82) is 0 Å². The maximum Gasteiger partial charge on any atom is 0.320 e. The first-order chi connectivity index (χ1) is 19.7. The predicted octanol–water partition coefficient (Wildman–Crippen LogP) is 5.49. The molecule has 2 heterocycles. The van der Waals surface area contributed by atoms with Gasteiger partial charge in [0.2, 0.25) is 0 Å². The van der Waals surface area contributed by atoms with Gasteiger partial charge >= 0.3 is 6.03 Å². The number of nitrogens with zero attached hydrogens (tertiary/aromatic N) is 4. The lowest BCUT2D eigenvalue weighted by atomic mass is 9.83. The van der Waals surface area contributed by atoms with E-state index in [1.165, 1.54) is 5.56 Å². The highest BCUT2D eigenvalue weighted by atomic mass is 35.5. The van der Waals surface area contributed by atoms with Crippen LogP contribution in [0.3, 0.4) is 0 Å². The van der Waals surface area contributed by atoms with Crippen molar-refractivity contribution in [3.05, 3.63) is 111 Å². The summed E-state index contributed by atoms with van der Waals surface area (Å²) in [6, 6.07) is 23.2. The van der Waals surface area contributed by atoms with Gasteiger partial charge in [-0.2, -0.15) is 0 Å². The van der Waals surface area contributed by atoms with Gasteiger partial charge in [0.25, 0.3) is 5.56 Å². The van der Waals surface area contributed by atoms with E-state index in [2.05, 4.69) is 45.0 Å². The molecule has 1 fully saturated rings. The Labute approximate surface area is 246 Å². The van der Waals surface area contributed by atoms with Crippen LogP contribution in [0.4, 0.5) is 4.79 Å². The van der Waals surface area contributed by atoms with Gasteiger partial charge in [0, 0.05) is 43.7 Å². The minimum Gasteiger partial charge on any atom is -0.329 e. The van der Waals surface area contributed by atoms with Crippen LogP contribution in [0.15, 0.2) is 77.6 Å². The van der Waals surface area contributed by atoms with E-state index in [0.717, 1.165) is 11.1 Å². The molecule has 2 N–H and O–H groups in total. The molecule has 1 saturated heterocycles. The van der Waals surface area contributed by atoms with E-state index in [1.807, 2.05) is 40.1 Å². The van der Waals surface area contributed by atoms with Gasteiger partial charge in [0.05, 0.1) is 17.4 Å². The number of urea groups is 1. The van der Waals surface area contributed by atoms with E-state index in [-0.39, 0.29) is 29.5 Å². The summed E-state index contributed by atoms with van der Waals surface area (Å²) in [7, 11) is 0. The number of halogens is 1. The molecule has 4 aromatic rings. The van der Waals surface area contributed by atoms with Gasteiger partial charge in [-0.1, -0.05) is 85.6 Å². The van der Waals surface area contributed by atoms with Crippen LogP contribution in [0.1, 0.15) is 36.4 Å². The number of aromatic nitrogens is 2. The first kappa shape index (κ1) is 28.8. The molecule has 214 valence electrons. The van der Waals surface area contributed by atoms with Gasteiger partial charge in [-0.15, -0.1) is 0 Å². The van der Waals surface area contributed by atoms with E-state index in [9.17, 15) is 9.59 Å². The SMILES string of the molecule is Cc1ccc(CN2C(=O)N(CCN)CC(C(C)C)C2Cc2nc3cc(Cl)ccc3c(=O)n2Cc2ccccc2)cc1. The number of rotatable bonds is 9. The zero-order valence-corrected chi connectivity index (χ0v) is 24.7. The van der Waals surface area contributed by atoms with Crippen molar-refractivity contribution in [1.82, 2.24) is 19.4 Å². The molecule has 2 atom stereocenters. The lowest BCUT2D eigenvalue weighted by molar-refractivity contribution is 0.0406. The van der Waals surface area contributed by atoms with Crippen molar-refractivity contribution >= 4 is 28.5 Å². The van der Waals surface area contributed by atoms with E-state index in [4.69, 9.17) is 22.3 Å². The van der Waals surface area contributed by atoms with Crippen LogP contribution < -0.4 is 11.3 Å². The molecule has 5 rings (SSSR count). The van der Waals surface area contributed by atoms with Crippen LogP contribution in [0.25, 0.3) is 10.9 Å². The Kier molecular flexibility index (Phi) is 8.76. The number of carbonyl (C=O) groups is 1. The maximum atomic E-state index is 13.9. The van der Waals surface area contributed by atoms with E-state index >= 15 is 0 Å². The maximum absolute atomic E-state index is 13.9. The van der Waals surface area contributed by atoms with Gasteiger partial charge < -0.3 is 15.5 Å². The molecule has 0 aliphatic carbocycles. The van der Waals surface area contributed by atoms with Gasteiger partial charge in [0.1, 0.15) is 5.82 Å². The summed E-state index contributed by atoms with van der Waals surface area (Å²) < 4.78 is 1.77. The van der Waals surface area contributed by atoms with E-state index in [1.54, 1.807) is 22.8 Å². The molecule has 1 aromatic heterocycles. The number of aryl methyl sites for hydroxylation is 1. The number of amides is 2. The molecular formula is C33H38ClN5O2. The summed E-state index contributed by atoms with van der Waals surface area (Å²) >= 11 is 6.32. The third kappa shape index (κ3) is 6.31. The molecule has 2 amide bonds. The lowest BCUT2D eigenvalue weighted by Gasteiger charge is -2.48. The molecule has 1 aliphatic heterocycles. The van der Waals surface area contributed by atoms with Crippen LogP contribution in [0.5, 0.6) is 0 Å². The molecule has 2 unspecified atom stereocenters. The second-order valence-electron chi connectivity index (χ2n) is 11.4. The Morgan fingerprint density at radius 3 is 2.37 bits per heavy atom. The number of fused-ring (bicyclic) bond motifs is 1.